The molecule has 0 spiro atoms. The van der Waals surface area contributed by atoms with E-state index in [1.807, 2.05) is 0 Å². The second-order valence-corrected chi connectivity index (χ2v) is 19.8. The number of urea groups is 1. The van der Waals surface area contributed by atoms with Crippen LogP contribution in [0.3, 0.4) is 0 Å². The standard InChI is InChI=1S/C54H60N12O15/c1-31(2)47(60-41(67)15-4-3-5-22-62-42(68)16-17-43(62)69)49(72)59-40(14-8-19-57-54(55)77)48(71)58-30-44(70)61(24-25-64-51(74)37-13-7-11-33-27-35(66(80)81)29-39(46(33)37)53(64)76)21-9-18-56-20-23-63-50(73)36-12-6-10-32-26-34(65(78)79)28-38(45(32)36)52(63)75/h6-7,10-13,16-17,26-29,31,40,47,56H,3-5,8-9,14-15,18-25,30H2,1-2H3,(H,58,71)(H,59,72)(H,60,67)(H3,55,57,77)/t40-,47-/m0/s1. The minimum absolute atomic E-state index is 0.00429. The van der Waals surface area contributed by atoms with Gasteiger partial charge in [0.25, 0.3) is 46.8 Å². The monoisotopic (exact) mass is 1120 g/mol. The largest absolute Gasteiger partial charge is 0.352 e. The highest BCUT2D eigenvalue weighted by Gasteiger charge is 2.37. The maximum atomic E-state index is 14.2. The number of rotatable bonds is 29. The summed E-state index contributed by atoms with van der Waals surface area (Å²) in [6, 6.07) is 10.7. The van der Waals surface area contributed by atoms with E-state index in [2.05, 4.69) is 26.6 Å². The SMILES string of the molecule is CC(C)[C@H](NC(=O)CCCCCN1C(=O)C=CC1=O)C(=O)N[C@@H](CCCNC(N)=O)C(=O)NCC(=O)N(CCCNCCN1C(=O)c2cccc3cc([N+](=O)[O-])cc(c23)C1=O)CCN1C(=O)c2cccc3cc([N+](=O)[O-])cc(c23)C1=O. The predicted octanol–water partition coefficient (Wildman–Crippen LogP) is 2.19. The molecule has 27 heteroatoms. The van der Waals surface area contributed by atoms with Crippen molar-refractivity contribution in [2.45, 2.75) is 70.9 Å². The number of non-ortho nitro benzene ring substituents is 2. The van der Waals surface area contributed by atoms with Gasteiger partial charge in [-0.3, -0.25) is 82.9 Å². The molecule has 0 unspecified atom stereocenters. The van der Waals surface area contributed by atoms with E-state index in [1.54, 1.807) is 26.0 Å². The lowest BCUT2D eigenvalue weighted by molar-refractivity contribution is -0.384. The van der Waals surface area contributed by atoms with Gasteiger partial charge in [0, 0.05) is 111 Å². The number of nitrogens with zero attached hydrogens (tertiary/aromatic N) is 6. The number of nitro benzene ring substituents is 2. The summed E-state index contributed by atoms with van der Waals surface area (Å²) < 4.78 is 0. The first-order valence-electron chi connectivity index (χ1n) is 26.2. The van der Waals surface area contributed by atoms with Gasteiger partial charge < -0.3 is 37.2 Å². The fraction of sp³-hybridized carbons (Fsp3) is 0.389. The van der Waals surface area contributed by atoms with Gasteiger partial charge in [-0.15, -0.1) is 0 Å². The third kappa shape index (κ3) is 14.0. The molecule has 27 nitrogen and oxygen atoms in total. The van der Waals surface area contributed by atoms with Crippen LogP contribution in [-0.4, -0.2) is 166 Å². The molecular formula is C54H60N12O15. The summed E-state index contributed by atoms with van der Waals surface area (Å²) in [5.41, 5.74) is 4.75. The zero-order valence-electron chi connectivity index (χ0n) is 44.4. The normalized spacial score (nSPS) is 14.4. The van der Waals surface area contributed by atoms with E-state index in [0.29, 0.717) is 35.4 Å². The molecule has 81 heavy (non-hydrogen) atoms. The summed E-state index contributed by atoms with van der Waals surface area (Å²) in [4.78, 5) is 172. The maximum absolute atomic E-state index is 14.2. The quantitative estimate of drug-likeness (QED) is 0.0196. The summed E-state index contributed by atoms with van der Waals surface area (Å²) in [5, 5.41) is 38.1. The van der Waals surface area contributed by atoms with Crippen LogP contribution >= 0.6 is 0 Å². The molecule has 0 saturated heterocycles. The number of hydrogen-bond acceptors (Lipinski definition) is 16. The highest BCUT2D eigenvalue weighted by Crippen LogP contribution is 2.35. The van der Waals surface area contributed by atoms with E-state index in [0.717, 1.165) is 26.8 Å². The van der Waals surface area contributed by atoms with Crippen LogP contribution in [-0.2, 0) is 28.8 Å². The molecule has 0 aliphatic carbocycles. The number of imide groups is 3. The van der Waals surface area contributed by atoms with E-state index >= 15 is 0 Å². The molecule has 2 atom stereocenters. The van der Waals surface area contributed by atoms with Crippen molar-refractivity contribution in [3.63, 3.8) is 0 Å². The molecule has 3 heterocycles. The predicted molar refractivity (Wildman–Crippen MR) is 289 cm³/mol. The van der Waals surface area contributed by atoms with Gasteiger partial charge in [-0.25, -0.2) is 4.79 Å². The molecule has 0 aromatic heterocycles. The van der Waals surface area contributed by atoms with Crippen molar-refractivity contribution in [3.05, 3.63) is 115 Å². The van der Waals surface area contributed by atoms with Crippen molar-refractivity contribution in [2.75, 3.05) is 58.9 Å². The first kappa shape index (κ1) is 59.1. The Morgan fingerprint density at radius 2 is 1.17 bits per heavy atom. The van der Waals surface area contributed by atoms with Crippen LogP contribution in [0.1, 0.15) is 100 Å². The maximum Gasteiger partial charge on any atom is 0.312 e. The molecule has 0 fully saturated rings. The van der Waals surface area contributed by atoms with Gasteiger partial charge in [0.2, 0.25) is 23.6 Å². The van der Waals surface area contributed by atoms with Crippen molar-refractivity contribution < 1.29 is 62.6 Å². The van der Waals surface area contributed by atoms with Crippen LogP contribution < -0.4 is 32.3 Å². The third-order valence-corrected chi connectivity index (χ3v) is 14.0. The van der Waals surface area contributed by atoms with Crippen molar-refractivity contribution in [1.29, 1.82) is 0 Å². The molecular weight excluding hydrogens is 1060 g/mol. The van der Waals surface area contributed by atoms with E-state index in [9.17, 15) is 73.0 Å². The lowest BCUT2D eigenvalue weighted by atomic mass is 9.93. The zero-order valence-corrected chi connectivity index (χ0v) is 44.4. The van der Waals surface area contributed by atoms with Crippen LogP contribution in [0.5, 0.6) is 0 Å². The second kappa shape index (κ2) is 26.4. The Kier molecular flexibility index (Phi) is 19.3. The van der Waals surface area contributed by atoms with Crippen LogP contribution in [0.4, 0.5) is 16.2 Å². The Morgan fingerprint density at radius 3 is 1.73 bits per heavy atom. The number of amides is 12. The highest BCUT2D eigenvalue weighted by molar-refractivity contribution is 6.27. The van der Waals surface area contributed by atoms with Crippen LogP contribution in [0.2, 0.25) is 0 Å². The Bertz CT molecular complexity index is 3270. The average Bonchev–Trinajstić information content (AvgIpc) is 3.86. The van der Waals surface area contributed by atoms with Crippen molar-refractivity contribution in [2.24, 2.45) is 11.7 Å². The van der Waals surface area contributed by atoms with Gasteiger partial charge in [-0.05, 0) is 67.5 Å². The lowest BCUT2D eigenvalue weighted by Crippen LogP contribution is -2.56. The van der Waals surface area contributed by atoms with Crippen LogP contribution in [0.15, 0.2) is 72.8 Å². The number of carbonyl (C=O) groups excluding carboxylic acids is 11. The van der Waals surface area contributed by atoms with Gasteiger partial charge in [-0.2, -0.15) is 0 Å². The molecule has 7 rings (SSSR count). The fourth-order valence-electron chi connectivity index (χ4n) is 9.80. The Balaban J connectivity index is 1.00. The van der Waals surface area contributed by atoms with E-state index in [4.69, 9.17) is 5.73 Å². The molecule has 0 bridgehead atoms. The van der Waals surface area contributed by atoms with E-state index in [-0.39, 0.29) is 117 Å². The van der Waals surface area contributed by atoms with Gasteiger partial charge in [-0.1, -0.05) is 44.5 Å². The Labute approximate surface area is 462 Å². The second-order valence-electron chi connectivity index (χ2n) is 19.8. The number of unbranched alkanes of at least 4 members (excludes halogenated alkanes) is 2. The van der Waals surface area contributed by atoms with Gasteiger partial charge >= 0.3 is 6.03 Å². The summed E-state index contributed by atoms with van der Waals surface area (Å²) >= 11 is 0. The number of nitro groups is 2. The number of carbonyl (C=O) groups is 11. The van der Waals surface area contributed by atoms with Gasteiger partial charge in [0.15, 0.2) is 0 Å². The van der Waals surface area contributed by atoms with E-state index in [1.165, 1.54) is 53.5 Å². The molecule has 3 aliphatic rings. The van der Waals surface area contributed by atoms with Gasteiger partial charge in [0.05, 0.1) is 27.5 Å². The fourth-order valence-corrected chi connectivity index (χ4v) is 9.80. The first-order chi connectivity index (χ1) is 38.7. The number of hydrogen-bond donors (Lipinski definition) is 6. The molecule has 3 aliphatic heterocycles. The van der Waals surface area contributed by atoms with Crippen LogP contribution in [0, 0.1) is 26.1 Å². The molecule has 0 radical (unpaired) electrons. The minimum Gasteiger partial charge on any atom is -0.352 e. The number of nitrogens with one attached hydrogen (secondary N) is 5. The number of benzene rings is 4. The summed E-state index contributed by atoms with van der Waals surface area (Å²) in [6.07, 6.45) is 3.98. The number of primary amides is 1. The smallest absolute Gasteiger partial charge is 0.312 e. The van der Waals surface area contributed by atoms with Crippen molar-refractivity contribution in [3.8, 4) is 0 Å². The summed E-state index contributed by atoms with van der Waals surface area (Å²) in [5.74, 6) is -6.86. The van der Waals surface area contributed by atoms with E-state index < -0.39 is 99.5 Å². The Hall–Kier alpha value is -9.53. The molecule has 4 aromatic rings. The van der Waals surface area contributed by atoms with Crippen molar-refractivity contribution in [1.82, 2.24) is 46.2 Å². The topological polar surface area (TPSA) is 373 Å². The zero-order chi connectivity index (χ0) is 58.7. The molecule has 4 aromatic carbocycles. The van der Waals surface area contributed by atoms with Crippen molar-refractivity contribution >= 4 is 98.0 Å². The number of nitrogens with two attached hydrogens (primary N) is 1. The molecule has 0 saturated carbocycles. The Morgan fingerprint density at radius 1 is 0.605 bits per heavy atom. The molecule has 426 valence electrons. The highest BCUT2D eigenvalue weighted by atomic mass is 16.6. The molecule has 12 amide bonds. The summed E-state index contributed by atoms with van der Waals surface area (Å²) in [7, 11) is 0. The third-order valence-electron chi connectivity index (χ3n) is 14.0. The summed E-state index contributed by atoms with van der Waals surface area (Å²) in [6.45, 7) is 2.26. The van der Waals surface area contributed by atoms with Gasteiger partial charge in [0.1, 0.15) is 12.1 Å². The first-order valence-corrected chi connectivity index (χ1v) is 26.2. The lowest BCUT2D eigenvalue weighted by Gasteiger charge is -2.30. The minimum atomic E-state index is -1.31. The average molecular weight is 1120 g/mol. The molecule has 7 N–H and O–H groups in total. The van der Waals surface area contributed by atoms with Crippen LogP contribution in [0.25, 0.3) is 21.5 Å².